The topological polar surface area (TPSA) is 42.7 Å². The maximum absolute atomic E-state index is 6.88. The molecule has 0 aliphatic heterocycles. The van der Waals surface area contributed by atoms with E-state index in [1.54, 1.807) is 0 Å². The van der Waals surface area contributed by atoms with Crippen molar-refractivity contribution in [2.75, 3.05) is 4.90 Å². The lowest BCUT2D eigenvalue weighted by molar-refractivity contribution is 0.546. The molecule has 0 N–H and O–H groups in total. The van der Waals surface area contributed by atoms with Gasteiger partial charge < -0.3 is 18.2 Å². The van der Waals surface area contributed by atoms with E-state index in [2.05, 4.69) is 181 Å². The number of benzene rings is 8. The molecule has 0 unspecified atom stereocenters. The van der Waals surface area contributed by atoms with Crippen LogP contribution in [0.4, 0.5) is 17.1 Å². The van der Waals surface area contributed by atoms with E-state index in [1.807, 2.05) is 12.1 Å². The predicted octanol–water partition coefficient (Wildman–Crippen LogP) is 15.7. The van der Waals surface area contributed by atoms with Crippen LogP contribution in [-0.2, 0) is 6.42 Å². The number of anilines is 3. The number of nitrogens with zero attached hydrogens (tertiary/aromatic N) is 1. The van der Waals surface area contributed by atoms with E-state index in [0.717, 1.165) is 118 Å². The van der Waals surface area contributed by atoms with Crippen molar-refractivity contribution in [3.63, 3.8) is 0 Å². The molecule has 0 bridgehead atoms. The van der Waals surface area contributed by atoms with Crippen LogP contribution in [0.25, 0.3) is 94.3 Å². The van der Waals surface area contributed by atoms with Crippen LogP contribution in [0.3, 0.4) is 0 Å². The molecular weight excluding hydrogens is 711 g/mol. The lowest BCUT2D eigenvalue weighted by Crippen LogP contribution is -2.10. The van der Waals surface area contributed by atoms with Crippen LogP contribution in [0.5, 0.6) is 0 Å². The molecule has 0 radical (unpaired) electrons. The van der Waals surface area contributed by atoms with Gasteiger partial charge in [-0.15, -0.1) is 0 Å². The average molecular weight is 746 g/mol. The smallest absolute Gasteiger partial charge is 0.159 e. The standard InChI is InChI=1S/C54H35NO3/c1-3-13-34(14-4-1)37-17-11-18-40(31-37)55(46-22-12-21-43-41-19-7-9-23-47(41)57-53(43)46)39-28-25-35(26-29-39)38-27-30-42-45-33-50-52(44-20-8-10-24-48(44)56-50)51(36-15-5-2-6-16-36)54(45)58-49(42)32-38/h1-9,11-23,25-33H,10,24H2. The highest BCUT2D eigenvalue weighted by Crippen LogP contribution is 2.47. The Bertz CT molecular complexity index is 3380. The van der Waals surface area contributed by atoms with Crippen molar-refractivity contribution < 1.29 is 13.3 Å². The molecule has 4 nitrogen and oxygen atoms in total. The summed E-state index contributed by atoms with van der Waals surface area (Å²) in [6.45, 7) is 0. The second-order valence-electron chi connectivity index (χ2n) is 15.1. The molecule has 3 heterocycles. The van der Waals surface area contributed by atoms with Gasteiger partial charge in [0, 0.05) is 55.9 Å². The first kappa shape index (κ1) is 32.7. The number of allylic oxidation sites excluding steroid dienone is 1. The van der Waals surface area contributed by atoms with E-state index < -0.39 is 0 Å². The third kappa shape index (κ3) is 5.15. The first-order valence-electron chi connectivity index (χ1n) is 19.9. The van der Waals surface area contributed by atoms with E-state index in [-0.39, 0.29) is 0 Å². The number of hydrogen-bond acceptors (Lipinski definition) is 4. The maximum Gasteiger partial charge on any atom is 0.159 e. The first-order chi connectivity index (χ1) is 28.7. The molecule has 1 aliphatic carbocycles. The highest BCUT2D eigenvalue weighted by atomic mass is 16.3. The number of fused-ring (bicyclic) bond motifs is 9. The molecule has 8 aromatic carbocycles. The zero-order valence-electron chi connectivity index (χ0n) is 31.5. The van der Waals surface area contributed by atoms with Crippen molar-refractivity contribution in [2.45, 2.75) is 12.8 Å². The van der Waals surface area contributed by atoms with Crippen LogP contribution in [-0.4, -0.2) is 0 Å². The van der Waals surface area contributed by atoms with Gasteiger partial charge in [0.25, 0.3) is 0 Å². The van der Waals surface area contributed by atoms with Gasteiger partial charge in [-0.3, -0.25) is 0 Å². The lowest BCUT2D eigenvalue weighted by Gasteiger charge is -2.26. The third-order valence-electron chi connectivity index (χ3n) is 11.7. The molecule has 0 atom stereocenters. The van der Waals surface area contributed by atoms with Crippen molar-refractivity contribution in [3.05, 3.63) is 193 Å². The van der Waals surface area contributed by atoms with Gasteiger partial charge in [0.15, 0.2) is 5.58 Å². The Morgan fingerprint density at radius 3 is 1.95 bits per heavy atom. The fraction of sp³-hybridized carbons (Fsp3) is 0.0370. The monoisotopic (exact) mass is 745 g/mol. The summed E-state index contributed by atoms with van der Waals surface area (Å²) in [5.41, 5.74) is 15.3. The Labute approximate surface area is 334 Å². The van der Waals surface area contributed by atoms with Gasteiger partial charge in [-0.25, -0.2) is 0 Å². The molecule has 0 amide bonds. The van der Waals surface area contributed by atoms with Crippen LogP contribution in [0.15, 0.2) is 195 Å². The maximum atomic E-state index is 6.88. The fourth-order valence-electron chi connectivity index (χ4n) is 8.99. The molecule has 0 fully saturated rings. The van der Waals surface area contributed by atoms with Gasteiger partial charge in [0.2, 0.25) is 0 Å². The van der Waals surface area contributed by atoms with E-state index in [0.29, 0.717) is 0 Å². The van der Waals surface area contributed by atoms with Crippen LogP contribution in [0, 0.1) is 0 Å². The highest BCUT2D eigenvalue weighted by Gasteiger charge is 2.24. The van der Waals surface area contributed by atoms with Crippen LogP contribution < -0.4 is 4.90 Å². The SMILES string of the molecule is C1=Cc2c(oc3cc4c(oc5cc(-c6ccc(N(c7cccc(-c8ccccc8)c7)c7cccc8c7oc7ccccc78)cc6)ccc54)c(-c4ccccc4)c23)CC1. The van der Waals surface area contributed by atoms with Crippen LogP contribution >= 0.6 is 0 Å². The van der Waals surface area contributed by atoms with Crippen molar-refractivity contribution >= 4 is 78.0 Å². The summed E-state index contributed by atoms with van der Waals surface area (Å²) in [7, 11) is 0. The quantitative estimate of drug-likeness (QED) is 0.170. The van der Waals surface area contributed by atoms with Gasteiger partial charge in [0.05, 0.1) is 5.69 Å². The van der Waals surface area contributed by atoms with Gasteiger partial charge in [-0.1, -0.05) is 133 Å². The van der Waals surface area contributed by atoms with Gasteiger partial charge in [0.1, 0.15) is 28.1 Å². The summed E-state index contributed by atoms with van der Waals surface area (Å²) in [6.07, 6.45) is 6.36. The number of hydrogen-bond donors (Lipinski definition) is 0. The molecule has 3 aromatic heterocycles. The van der Waals surface area contributed by atoms with Gasteiger partial charge in [-0.05, 0) is 88.8 Å². The van der Waals surface area contributed by atoms with Crippen molar-refractivity contribution in [1.29, 1.82) is 0 Å². The summed E-state index contributed by atoms with van der Waals surface area (Å²) < 4.78 is 20.0. The van der Waals surface area contributed by atoms with Gasteiger partial charge >= 0.3 is 0 Å². The molecule has 12 rings (SSSR count). The zero-order valence-corrected chi connectivity index (χ0v) is 31.5. The second kappa shape index (κ2) is 13.0. The predicted molar refractivity (Wildman–Crippen MR) is 239 cm³/mol. The molecule has 0 saturated heterocycles. The summed E-state index contributed by atoms with van der Waals surface area (Å²) in [6, 6.07) is 62.0. The van der Waals surface area contributed by atoms with E-state index in [1.165, 1.54) is 11.1 Å². The van der Waals surface area contributed by atoms with Crippen molar-refractivity contribution in [3.8, 4) is 33.4 Å². The molecule has 0 spiro atoms. The van der Waals surface area contributed by atoms with Crippen LogP contribution in [0.1, 0.15) is 17.7 Å². The number of furan rings is 3. The first-order valence-corrected chi connectivity index (χ1v) is 19.9. The average Bonchev–Trinajstić information content (AvgIpc) is 3.98. The minimum atomic E-state index is 0.849. The van der Waals surface area contributed by atoms with Crippen LogP contribution in [0.2, 0.25) is 0 Å². The molecule has 11 aromatic rings. The fourth-order valence-corrected chi connectivity index (χ4v) is 8.99. The molecule has 0 saturated carbocycles. The zero-order chi connectivity index (χ0) is 38.2. The van der Waals surface area contributed by atoms with Crippen molar-refractivity contribution in [2.24, 2.45) is 0 Å². The van der Waals surface area contributed by atoms with E-state index >= 15 is 0 Å². The molecule has 58 heavy (non-hydrogen) atoms. The third-order valence-corrected chi connectivity index (χ3v) is 11.7. The summed E-state index contributed by atoms with van der Waals surface area (Å²) in [5, 5.41) is 5.45. The Morgan fingerprint density at radius 2 is 1.09 bits per heavy atom. The minimum Gasteiger partial charge on any atom is -0.460 e. The number of aryl methyl sites for hydroxylation is 1. The Balaban J connectivity index is 0.989. The highest BCUT2D eigenvalue weighted by molar-refractivity contribution is 6.19. The minimum absolute atomic E-state index is 0.849. The van der Waals surface area contributed by atoms with E-state index in [9.17, 15) is 0 Å². The van der Waals surface area contributed by atoms with E-state index in [4.69, 9.17) is 13.3 Å². The molecule has 274 valence electrons. The second-order valence-corrected chi connectivity index (χ2v) is 15.1. The molecule has 4 heteroatoms. The number of para-hydroxylation sites is 2. The molecule has 1 aliphatic rings. The Kier molecular flexibility index (Phi) is 7.32. The Morgan fingerprint density at radius 1 is 0.414 bits per heavy atom. The normalized spacial score (nSPS) is 12.6. The summed E-state index contributed by atoms with van der Waals surface area (Å²) >= 11 is 0. The Hall–Kier alpha value is -7.56. The van der Waals surface area contributed by atoms with Crippen molar-refractivity contribution in [1.82, 2.24) is 0 Å². The lowest BCUT2D eigenvalue weighted by atomic mass is 9.93. The summed E-state index contributed by atoms with van der Waals surface area (Å²) in [4.78, 5) is 2.30. The summed E-state index contributed by atoms with van der Waals surface area (Å²) in [5.74, 6) is 1.05. The van der Waals surface area contributed by atoms with Gasteiger partial charge in [-0.2, -0.15) is 0 Å². The number of rotatable bonds is 6. The largest absolute Gasteiger partial charge is 0.460 e. The molecular formula is C54H35NO3.